The first-order valence-electron chi connectivity index (χ1n) is 6.59. The zero-order valence-corrected chi connectivity index (χ0v) is 11.4. The van der Waals surface area contributed by atoms with Gasteiger partial charge in [-0.2, -0.15) is 0 Å². The Labute approximate surface area is 108 Å². The summed E-state index contributed by atoms with van der Waals surface area (Å²) < 4.78 is 5.25. The van der Waals surface area contributed by atoms with Gasteiger partial charge in [-0.05, 0) is 38.3 Å². The predicted molar refractivity (Wildman–Crippen MR) is 70.1 cm³/mol. The van der Waals surface area contributed by atoms with Gasteiger partial charge in [0.2, 0.25) is 5.91 Å². The zero-order valence-electron chi connectivity index (χ0n) is 11.4. The average Bonchev–Trinajstić information content (AvgIpc) is 2.74. The predicted octanol–water partition coefficient (Wildman–Crippen LogP) is 1.93. The maximum atomic E-state index is 12.3. The number of nitrogens with one attached hydrogen (secondary N) is 1. The number of hydrogen-bond acceptors (Lipinski definition) is 3. The molecule has 2 rings (SSSR count). The van der Waals surface area contributed by atoms with Crippen molar-refractivity contribution in [3.05, 3.63) is 23.7 Å². The molecule has 1 fully saturated rings. The number of amides is 1. The molecule has 100 valence electrons. The summed E-state index contributed by atoms with van der Waals surface area (Å²) in [6.07, 6.45) is 3.77. The van der Waals surface area contributed by atoms with Crippen LogP contribution in [0.3, 0.4) is 0 Å². The molecule has 0 bridgehead atoms. The van der Waals surface area contributed by atoms with Crippen LogP contribution in [0.2, 0.25) is 0 Å². The van der Waals surface area contributed by atoms with E-state index in [1.807, 2.05) is 20.0 Å². The van der Waals surface area contributed by atoms with Crippen LogP contribution >= 0.6 is 0 Å². The Morgan fingerprint density at radius 2 is 2.39 bits per heavy atom. The number of nitrogens with zero attached hydrogens (tertiary/aromatic N) is 1. The van der Waals surface area contributed by atoms with E-state index in [2.05, 4.69) is 12.2 Å². The summed E-state index contributed by atoms with van der Waals surface area (Å²) in [5.74, 6) is 1.70. The lowest BCUT2D eigenvalue weighted by atomic mass is 9.93. The highest BCUT2D eigenvalue weighted by atomic mass is 16.3. The van der Waals surface area contributed by atoms with Crippen molar-refractivity contribution in [1.29, 1.82) is 0 Å². The lowest BCUT2D eigenvalue weighted by Gasteiger charge is -2.30. The number of carbonyl (C=O) groups is 1. The molecular formula is C14H22N2O2. The minimum Gasteiger partial charge on any atom is -0.469 e. The summed E-state index contributed by atoms with van der Waals surface area (Å²) in [4.78, 5) is 14.1. The highest BCUT2D eigenvalue weighted by molar-refractivity contribution is 5.81. The van der Waals surface area contributed by atoms with Crippen LogP contribution in [0, 0.1) is 12.8 Å². The van der Waals surface area contributed by atoms with Crippen molar-refractivity contribution in [3.8, 4) is 0 Å². The van der Waals surface area contributed by atoms with Crippen LogP contribution in [-0.2, 0) is 11.3 Å². The molecule has 1 aliphatic rings. The number of likely N-dealkylation sites (N-methyl/N-ethyl adjacent to an activating group) is 1. The van der Waals surface area contributed by atoms with E-state index >= 15 is 0 Å². The first-order chi connectivity index (χ1) is 8.58. The summed E-state index contributed by atoms with van der Waals surface area (Å²) in [7, 11) is 1.86. The van der Waals surface area contributed by atoms with E-state index in [-0.39, 0.29) is 11.9 Å². The van der Waals surface area contributed by atoms with Crippen molar-refractivity contribution in [3.63, 3.8) is 0 Å². The molecule has 1 aromatic heterocycles. The highest BCUT2D eigenvalue weighted by Gasteiger charge is 2.27. The molecule has 2 unspecified atom stereocenters. The molecule has 0 spiro atoms. The number of piperidine rings is 1. The number of aryl methyl sites for hydroxylation is 1. The summed E-state index contributed by atoms with van der Waals surface area (Å²) in [5, 5.41) is 3.31. The molecule has 1 aliphatic heterocycles. The third kappa shape index (κ3) is 2.93. The molecule has 1 amide bonds. The Morgan fingerprint density at radius 3 is 3.00 bits per heavy atom. The molecule has 2 heterocycles. The summed E-state index contributed by atoms with van der Waals surface area (Å²) in [6.45, 7) is 5.69. The Balaban J connectivity index is 1.94. The molecule has 4 heteroatoms. The number of carbonyl (C=O) groups excluding carboxylic acids is 1. The fourth-order valence-corrected chi connectivity index (χ4v) is 2.47. The molecule has 1 saturated heterocycles. The summed E-state index contributed by atoms with van der Waals surface area (Å²) in [6, 6.07) is 1.90. The minimum absolute atomic E-state index is 0.0223. The van der Waals surface area contributed by atoms with Gasteiger partial charge < -0.3 is 14.6 Å². The van der Waals surface area contributed by atoms with E-state index in [4.69, 9.17) is 4.42 Å². The quantitative estimate of drug-likeness (QED) is 0.891. The molecule has 0 aliphatic carbocycles. The summed E-state index contributed by atoms with van der Waals surface area (Å²) in [5.41, 5.74) is 1.08. The SMILES string of the molecule is Cc1occc1CN(C)C(=O)C1CC(C)CCN1. The molecular weight excluding hydrogens is 228 g/mol. The lowest BCUT2D eigenvalue weighted by molar-refractivity contribution is -0.133. The van der Waals surface area contributed by atoms with Crippen molar-refractivity contribution < 1.29 is 9.21 Å². The molecule has 18 heavy (non-hydrogen) atoms. The van der Waals surface area contributed by atoms with Gasteiger partial charge in [0.15, 0.2) is 0 Å². The van der Waals surface area contributed by atoms with Gasteiger partial charge in [-0.3, -0.25) is 4.79 Å². The molecule has 2 atom stereocenters. The first-order valence-corrected chi connectivity index (χ1v) is 6.59. The van der Waals surface area contributed by atoms with E-state index in [0.29, 0.717) is 12.5 Å². The van der Waals surface area contributed by atoms with Gasteiger partial charge >= 0.3 is 0 Å². The summed E-state index contributed by atoms with van der Waals surface area (Å²) >= 11 is 0. The van der Waals surface area contributed by atoms with Crippen molar-refractivity contribution in [1.82, 2.24) is 10.2 Å². The normalized spacial score (nSPS) is 23.9. The topological polar surface area (TPSA) is 45.5 Å². The van der Waals surface area contributed by atoms with Gasteiger partial charge in [0, 0.05) is 19.2 Å². The van der Waals surface area contributed by atoms with Crippen LogP contribution < -0.4 is 5.32 Å². The monoisotopic (exact) mass is 250 g/mol. The van der Waals surface area contributed by atoms with Crippen molar-refractivity contribution in [2.75, 3.05) is 13.6 Å². The minimum atomic E-state index is -0.0223. The van der Waals surface area contributed by atoms with Crippen LogP contribution in [-0.4, -0.2) is 30.4 Å². The van der Waals surface area contributed by atoms with Crippen molar-refractivity contribution in [2.24, 2.45) is 5.92 Å². The van der Waals surface area contributed by atoms with E-state index in [0.717, 1.165) is 30.7 Å². The van der Waals surface area contributed by atoms with Gasteiger partial charge in [-0.15, -0.1) is 0 Å². The van der Waals surface area contributed by atoms with Crippen LogP contribution in [0.15, 0.2) is 16.7 Å². The Bertz CT molecular complexity index is 414. The fraction of sp³-hybridized carbons (Fsp3) is 0.643. The number of furan rings is 1. The first kappa shape index (κ1) is 13.1. The van der Waals surface area contributed by atoms with Crippen LogP contribution in [0.25, 0.3) is 0 Å². The molecule has 1 aromatic rings. The van der Waals surface area contributed by atoms with E-state index in [1.54, 1.807) is 11.2 Å². The Morgan fingerprint density at radius 1 is 1.61 bits per heavy atom. The maximum absolute atomic E-state index is 12.3. The lowest BCUT2D eigenvalue weighted by Crippen LogP contribution is -2.48. The third-order valence-corrected chi connectivity index (χ3v) is 3.71. The number of hydrogen-bond donors (Lipinski definition) is 1. The van der Waals surface area contributed by atoms with Crippen molar-refractivity contribution in [2.45, 2.75) is 39.3 Å². The zero-order chi connectivity index (χ0) is 13.1. The van der Waals surface area contributed by atoms with Crippen molar-refractivity contribution >= 4 is 5.91 Å². The molecule has 0 radical (unpaired) electrons. The van der Waals surface area contributed by atoms with Crippen LogP contribution in [0.5, 0.6) is 0 Å². The second kappa shape index (κ2) is 5.57. The maximum Gasteiger partial charge on any atom is 0.239 e. The Hall–Kier alpha value is -1.29. The van der Waals surface area contributed by atoms with E-state index in [9.17, 15) is 4.79 Å². The van der Waals surface area contributed by atoms with Crippen LogP contribution in [0.4, 0.5) is 0 Å². The van der Waals surface area contributed by atoms with Crippen LogP contribution in [0.1, 0.15) is 31.1 Å². The second-order valence-electron chi connectivity index (χ2n) is 5.33. The fourth-order valence-electron chi connectivity index (χ4n) is 2.47. The van der Waals surface area contributed by atoms with E-state index < -0.39 is 0 Å². The largest absolute Gasteiger partial charge is 0.469 e. The van der Waals surface area contributed by atoms with Gasteiger partial charge in [0.25, 0.3) is 0 Å². The second-order valence-corrected chi connectivity index (χ2v) is 5.33. The Kier molecular flexibility index (Phi) is 4.07. The van der Waals surface area contributed by atoms with Gasteiger partial charge in [0.1, 0.15) is 5.76 Å². The molecule has 0 saturated carbocycles. The highest BCUT2D eigenvalue weighted by Crippen LogP contribution is 2.18. The van der Waals surface area contributed by atoms with Gasteiger partial charge in [-0.1, -0.05) is 6.92 Å². The number of rotatable bonds is 3. The third-order valence-electron chi connectivity index (χ3n) is 3.71. The average molecular weight is 250 g/mol. The molecule has 4 nitrogen and oxygen atoms in total. The standard InChI is InChI=1S/C14H22N2O2/c1-10-4-6-15-13(8-10)14(17)16(3)9-12-5-7-18-11(12)2/h5,7,10,13,15H,4,6,8-9H2,1-3H3. The van der Waals surface area contributed by atoms with Gasteiger partial charge in [-0.25, -0.2) is 0 Å². The molecule has 0 aromatic carbocycles. The molecule has 1 N–H and O–H groups in total. The van der Waals surface area contributed by atoms with E-state index in [1.165, 1.54) is 0 Å². The van der Waals surface area contributed by atoms with Gasteiger partial charge in [0.05, 0.1) is 12.3 Å². The smallest absolute Gasteiger partial charge is 0.239 e.